The molecule has 5 nitrogen and oxygen atoms in total. The SMILES string of the molecule is Cc1[nH]ncc1S(=O)(=O)N(C)C(C)C1CC1. The number of hydrogen-bond acceptors (Lipinski definition) is 3. The number of nitrogens with zero attached hydrogens (tertiary/aromatic N) is 2. The van der Waals surface area contributed by atoms with Crippen LogP contribution in [0.2, 0.25) is 0 Å². The number of H-pyrrole nitrogens is 1. The second-order valence-corrected chi connectivity index (χ2v) is 6.42. The van der Waals surface area contributed by atoms with Crippen LogP contribution >= 0.6 is 0 Å². The standard InChI is InChI=1S/C10H17N3O2S/c1-7-10(6-11-12-7)16(14,15)13(3)8(2)9-4-5-9/h6,8-9H,4-5H2,1-3H3,(H,11,12). The molecule has 0 saturated heterocycles. The van der Waals surface area contributed by atoms with Crippen molar-refractivity contribution < 1.29 is 8.42 Å². The lowest BCUT2D eigenvalue weighted by molar-refractivity contribution is 0.357. The first-order chi connectivity index (χ1) is 7.44. The molecule has 1 aromatic heterocycles. The molecule has 0 radical (unpaired) electrons. The van der Waals surface area contributed by atoms with E-state index in [-0.39, 0.29) is 10.9 Å². The van der Waals surface area contributed by atoms with Crippen molar-refractivity contribution in [1.82, 2.24) is 14.5 Å². The Morgan fingerprint density at radius 3 is 2.62 bits per heavy atom. The van der Waals surface area contributed by atoms with Crippen molar-refractivity contribution in [2.45, 2.75) is 37.6 Å². The third-order valence-electron chi connectivity index (χ3n) is 3.32. The molecule has 6 heteroatoms. The molecule has 16 heavy (non-hydrogen) atoms. The minimum absolute atomic E-state index is 0.0688. The summed E-state index contributed by atoms with van der Waals surface area (Å²) in [7, 11) is -1.75. The van der Waals surface area contributed by atoms with Gasteiger partial charge in [-0.25, -0.2) is 8.42 Å². The zero-order valence-electron chi connectivity index (χ0n) is 9.77. The molecule has 0 bridgehead atoms. The molecule has 1 aliphatic carbocycles. The second-order valence-electron chi connectivity index (χ2n) is 4.46. The van der Waals surface area contributed by atoms with Crippen LogP contribution in [0.1, 0.15) is 25.5 Å². The van der Waals surface area contributed by atoms with Gasteiger partial charge in [-0.2, -0.15) is 9.40 Å². The van der Waals surface area contributed by atoms with Crippen LogP contribution in [-0.4, -0.2) is 36.0 Å². The number of nitrogens with one attached hydrogen (secondary N) is 1. The van der Waals surface area contributed by atoms with Crippen LogP contribution in [0.15, 0.2) is 11.1 Å². The van der Waals surface area contributed by atoms with E-state index in [0.29, 0.717) is 11.6 Å². The molecule has 2 rings (SSSR count). The summed E-state index contributed by atoms with van der Waals surface area (Å²) in [5.41, 5.74) is 0.592. The van der Waals surface area contributed by atoms with Crippen molar-refractivity contribution in [3.63, 3.8) is 0 Å². The summed E-state index contributed by atoms with van der Waals surface area (Å²) in [4.78, 5) is 0.280. The van der Waals surface area contributed by atoms with E-state index >= 15 is 0 Å². The lowest BCUT2D eigenvalue weighted by atomic mass is 10.2. The number of aromatic nitrogens is 2. The average Bonchev–Trinajstić information content (AvgIpc) is 2.99. The molecule has 90 valence electrons. The number of aryl methyl sites for hydroxylation is 1. The highest BCUT2D eigenvalue weighted by molar-refractivity contribution is 7.89. The Morgan fingerprint density at radius 1 is 1.56 bits per heavy atom. The normalized spacial score (nSPS) is 19.0. The summed E-state index contributed by atoms with van der Waals surface area (Å²) in [6.45, 7) is 3.68. The van der Waals surface area contributed by atoms with Gasteiger partial charge in [-0.3, -0.25) is 5.10 Å². The molecule has 0 amide bonds. The summed E-state index contributed by atoms with van der Waals surface area (Å²) in [6.07, 6.45) is 3.64. The quantitative estimate of drug-likeness (QED) is 0.862. The predicted molar refractivity (Wildman–Crippen MR) is 60.5 cm³/mol. The van der Waals surface area contributed by atoms with Gasteiger partial charge < -0.3 is 0 Å². The average molecular weight is 243 g/mol. The summed E-state index contributed by atoms with van der Waals surface area (Å²) < 4.78 is 26.0. The van der Waals surface area contributed by atoms with Gasteiger partial charge in [-0.15, -0.1) is 0 Å². The third kappa shape index (κ3) is 1.87. The molecule has 1 unspecified atom stereocenters. The van der Waals surface area contributed by atoms with E-state index in [1.54, 1.807) is 14.0 Å². The molecule has 1 fully saturated rings. The van der Waals surface area contributed by atoms with Gasteiger partial charge >= 0.3 is 0 Å². The molecule has 1 aromatic rings. The first kappa shape index (κ1) is 11.6. The van der Waals surface area contributed by atoms with E-state index in [0.717, 1.165) is 12.8 Å². The molecule has 0 aromatic carbocycles. The maximum Gasteiger partial charge on any atom is 0.246 e. The summed E-state index contributed by atoms with van der Waals surface area (Å²) in [5, 5.41) is 6.42. The molecular weight excluding hydrogens is 226 g/mol. The van der Waals surface area contributed by atoms with Crippen molar-refractivity contribution in [1.29, 1.82) is 0 Å². The van der Waals surface area contributed by atoms with Crippen LogP contribution < -0.4 is 0 Å². The van der Waals surface area contributed by atoms with Crippen LogP contribution in [0.5, 0.6) is 0 Å². The van der Waals surface area contributed by atoms with Gasteiger partial charge in [-0.05, 0) is 32.6 Å². The zero-order chi connectivity index (χ0) is 11.9. The Labute approximate surface area is 95.9 Å². The number of aromatic amines is 1. The van der Waals surface area contributed by atoms with Gasteiger partial charge in [0.1, 0.15) is 4.90 Å². The van der Waals surface area contributed by atoms with E-state index in [1.807, 2.05) is 6.92 Å². The largest absolute Gasteiger partial charge is 0.281 e. The minimum Gasteiger partial charge on any atom is -0.281 e. The lowest BCUT2D eigenvalue weighted by Gasteiger charge is -2.23. The highest BCUT2D eigenvalue weighted by atomic mass is 32.2. The van der Waals surface area contributed by atoms with E-state index in [2.05, 4.69) is 10.2 Å². The van der Waals surface area contributed by atoms with Crippen LogP contribution in [0.4, 0.5) is 0 Å². The van der Waals surface area contributed by atoms with E-state index in [9.17, 15) is 8.42 Å². The van der Waals surface area contributed by atoms with Crippen molar-refractivity contribution in [3.05, 3.63) is 11.9 Å². The first-order valence-electron chi connectivity index (χ1n) is 5.42. The highest BCUT2D eigenvalue weighted by Gasteiger charge is 2.36. The molecule has 1 atom stereocenters. The monoisotopic (exact) mass is 243 g/mol. The molecule has 0 aliphatic heterocycles. The lowest BCUT2D eigenvalue weighted by Crippen LogP contribution is -2.36. The predicted octanol–water partition coefficient (Wildman–Crippen LogP) is 1.14. The number of rotatable bonds is 4. The summed E-state index contributed by atoms with van der Waals surface area (Å²) in [5.74, 6) is 0.520. The summed E-state index contributed by atoms with van der Waals surface area (Å²) in [6, 6.07) is 0.0688. The molecular formula is C10H17N3O2S. The Kier molecular flexibility index (Phi) is 2.79. The smallest absolute Gasteiger partial charge is 0.246 e. The zero-order valence-corrected chi connectivity index (χ0v) is 10.6. The van der Waals surface area contributed by atoms with Gasteiger partial charge in [0.2, 0.25) is 10.0 Å². The topological polar surface area (TPSA) is 66.1 Å². The van der Waals surface area contributed by atoms with E-state index in [1.165, 1.54) is 10.5 Å². The minimum atomic E-state index is -3.39. The van der Waals surface area contributed by atoms with Crippen LogP contribution in [0.25, 0.3) is 0 Å². The van der Waals surface area contributed by atoms with Crippen LogP contribution in [0, 0.1) is 12.8 Å². The van der Waals surface area contributed by atoms with Crippen molar-refractivity contribution in [2.75, 3.05) is 7.05 Å². The van der Waals surface area contributed by atoms with Gasteiger partial charge in [0.15, 0.2) is 0 Å². The van der Waals surface area contributed by atoms with Gasteiger partial charge in [-0.1, -0.05) is 0 Å². The van der Waals surface area contributed by atoms with E-state index < -0.39 is 10.0 Å². The fourth-order valence-electron chi connectivity index (χ4n) is 1.85. The number of hydrogen-bond donors (Lipinski definition) is 1. The second kappa shape index (κ2) is 3.85. The maximum absolute atomic E-state index is 12.3. The molecule has 1 aliphatic rings. The summed E-state index contributed by atoms with van der Waals surface area (Å²) >= 11 is 0. The highest BCUT2D eigenvalue weighted by Crippen LogP contribution is 2.36. The van der Waals surface area contributed by atoms with Crippen molar-refractivity contribution in [2.24, 2.45) is 5.92 Å². The molecule has 0 spiro atoms. The van der Waals surface area contributed by atoms with Crippen molar-refractivity contribution >= 4 is 10.0 Å². The number of sulfonamides is 1. The molecule has 1 N–H and O–H groups in total. The van der Waals surface area contributed by atoms with E-state index in [4.69, 9.17) is 0 Å². The van der Waals surface area contributed by atoms with Gasteiger partial charge in [0.25, 0.3) is 0 Å². The van der Waals surface area contributed by atoms with Gasteiger partial charge in [0.05, 0.1) is 11.9 Å². The fourth-order valence-corrected chi connectivity index (χ4v) is 3.39. The van der Waals surface area contributed by atoms with Crippen molar-refractivity contribution in [3.8, 4) is 0 Å². The fraction of sp³-hybridized carbons (Fsp3) is 0.700. The Hall–Kier alpha value is -0.880. The third-order valence-corrected chi connectivity index (χ3v) is 5.38. The Bertz CT molecular complexity index is 476. The molecule has 1 heterocycles. The van der Waals surface area contributed by atoms with Gasteiger partial charge in [0, 0.05) is 13.1 Å². The Morgan fingerprint density at radius 2 is 2.19 bits per heavy atom. The van der Waals surface area contributed by atoms with Crippen LogP contribution in [0.3, 0.4) is 0 Å². The van der Waals surface area contributed by atoms with Crippen LogP contribution in [-0.2, 0) is 10.0 Å². The molecule has 1 saturated carbocycles. The maximum atomic E-state index is 12.3. The Balaban J connectivity index is 2.28. The first-order valence-corrected chi connectivity index (χ1v) is 6.86.